The first-order valence-corrected chi connectivity index (χ1v) is 5.72. The summed E-state index contributed by atoms with van der Waals surface area (Å²) in [6, 6.07) is 4.73. The first-order valence-electron chi connectivity index (χ1n) is 5.72. The lowest BCUT2D eigenvalue weighted by molar-refractivity contribution is -0.138. The first kappa shape index (κ1) is 14.4. The van der Waals surface area contributed by atoms with Crippen LogP contribution in [0.1, 0.15) is 19.4 Å². The molecule has 0 aliphatic rings. The predicted molar refractivity (Wildman–Crippen MR) is 66.1 cm³/mol. The summed E-state index contributed by atoms with van der Waals surface area (Å²) in [6.07, 6.45) is 0. The molecule has 0 atom stereocenters. The third-order valence-electron chi connectivity index (χ3n) is 2.67. The molecule has 0 bridgehead atoms. The van der Waals surface area contributed by atoms with Gasteiger partial charge in [-0.15, -0.1) is 0 Å². The summed E-state index contributed by atoms with van der Waals surface area (Å²) in [5.74, 6) is -1.14. The molecule has 0 heterocycles. The molecule has 1 N–H and O–H groups in total. The Morgan fingerprint density at radius 3 is 2.61 bits per heavy atom. The van der Waals surface area contributed by atoms with E-state index in [-0.39, 0.29) is 18.3 Å². The van der Waals surface area contributed by atoms with Gasteiger partial charge in [-0.3, -0.25) is 9.69 Å². The van der Waals surface area contributed by atoms with E-state index in [2.05, 4.69) is 0 Å². The fourth-order valence-corrected chi connectivity index (χ4v) is 1.64. The van der Waals surface area contributed by atoms with Crippen LogP contribution in [0.2, 0.25) is 0 Å². The molecule has 0 saturated carbocycles. The number of ether oxygens (including phenoxy) is 1. The lowest BCUT2D eigenvalue weighted by atomic mass is 10.1. The van der Waals surface area contributed by atoms with Gasteiger partial charge in [0.1, 0.15) is 0 Å². The number of hydrogen-bond acceptors (Lipinski definition) is 3. The highest BCUT2D eigenvalue weighted by molar-refractivity contribution is 5.69. The van der Waals surface area contributed by atoms with Gasteiger partial charge in [-0.1, -0.05) is 6.07 Å². The number of methoxy groups -OCH3 is 1. The second-order valence-electron chi connectivity index (χ2n) is 4.36. The van der Waals surface area contributed by atoms with Gasteiger partial charge in [0, 0.05) is 12.6 Å². The van der Waals surface area contributed by atoms with Gasteiger partial charge in [0.15, 0.2) is 11.6 Å². The van der Waals surface area contributed by atoms with E-state index in [1.54, 1.807) is 17.0 Å². The van der Waals surface area contributed by atoms with E-state index in [9.17, 15) is 9.18 Å². The van der Waals surface area contributed by atoms with E-state index >= 15 is 0 Å². The summed E-state index contributed by atoms with van der Waals surface area (Å²) in [4.78, 5) is 12.5. The maximum Gasteiger partial charge on any atom is 0.317 e. The molecule has 1 rings (SSSR count). The third-order valence-corrected chi connectivity index (χ3v) is 2.67. The topological polar surface area (TPSA) is 49.8 Å². The van der Waals surface area contributed by atoms with Crippen molar-refractivity contribution < 1.29 is 19.0 Å². The number of carboxylic acid groups (broad SMARTS) is 1. The molecule has 0 fully saturated rings. The Labute approximate surface area is 106 Å². The van der Waals surface area contributed by atoms with E-state index < -0.39 is 11.8 Å². The van der Waals surface area contributed by atoms with Crippen LogP contribution >= 0.6 is 0 Å². The van der Waals surface area contributed by atoms with E-state index in [4.69, 9.17) is 9.84 Å². The predicted octanol–water partition coefficient (Wildman–Crippen LogP) is 2.13. The molecule has 0 aromatic heterocycles. The Hall–Kier alpha value is -1.62. The van der Waals surface area contributed by atoms with Crippen LogP contribution in [0.25, 0.3) is 0 Å². The Kier molecular flexibility index (Phi) is 5.09. The maximum absolute atomic E-state index is 13.5. The van der Waals surface area contributed by atoms with Gasteiger partial charge >= 0.3 is 5.97 Å². The monoisotopic (exact) mass is 255 g/mol. The van der Waals surface area contributed by atoms with Crippen molar-refractivity contribution in [1.29, 1.82) is 0 Å². The molecule has 1 aromatic rings. The van der Waals surface area contributed by atoms with Gasteiger partial charge < -0.3 is 9.84 Å². The molecule has 0 amide bonds. The number of carbonyl (C=O) groups is 1. The summed E-state index contributed by atoms with van der Waals surface area (Å²) in [7, 11) is 1.41. The zero-order valence-corrected chi connectivity index (χ0v) is 10.8. The Bertz CT molecular complexity index is 421. The lowest BCUT2D eigenvalue weighted by Crippen LogP contribution is -2.35. The number of halogens is 1. The zero-order chi connectivity index (χ0) is 13.7. The minimum absolute atomic E-state index is 0.0642. The maximum atomic E-state index is 13.5. The van der Waals surface area contributed by atoms with Crippen LogP contribution in [0.15, 0.2) is 18.2 Å². The highest BCUT2D eigenvalue weighted by atomic mass is 19.1. The van der Waals surface area contributed by atoms with Crippen LogP contribution in [-0.4, -0.2) is 35.7 Å². The smallest absolute Gasteiger partial charge is 0.317 e. The molecule has 100 valence electrons. The average Bonchev–Trinajstić information content (AvgIpc) is 2.27. The van der Waals surface area contributed by atoms with Crippen LogP contribution in [-0.2, 0) is 11.3 Å². The van der Waals surface area contributed by atoms with Gasteiger partial charge in [0.25, 0.3) is 0 Å². The Morgan fingerprint density at radius 1 is 1.50 bits per heavy atom. The van der Waals surface area contributed by atoms with Crippen molar-refractivity contribution in [3.05, 3.63) is 29.6 Å². The molecule has 0 unspecified atom stereocenters. The fraction of sp³-hybridized carbons (Fsp3) is 0.462. The molecule has 0 spiro atoms. The normalized spacial score (nSPS) is 11.0. The minimum atomic E-state index is -0.891. The van der Waals surface area contributed by atoms with Gasteiger partial charge in [0.2, 0.25) is 0 Å². The van der Waals surface area contributed by atoms with Crippen LogP contribution in [0.3, 0.4) is 0 Å². The van der Waals surface area contributed by atoms with Gasteiger partial charge in [-0.25, -0.2) is 4.39 Å². The molecule has 0 aliphatic heterocycles. The van der Waals surface area contributed by atoms with Crippen molar-refractivity contribution in [3.63, 3.8) is 0 Å². The van der Waals surface area contributed by atoms with Gasteiger partial charge in [0.05, 0.1) is 13.7 Å². The molecule has 1 aromatic carbocycles. The summed E-state index contributed by atoms with van der Waals surface area (Å²) in [5, 5.41) is 8.81. The first-order chi connectivity index (χ1) is 8.43. The summed E-state index contributed by atoms with van der Waals surface area (Å²) < 4.78 is 18.3. The largest absolute Gasteiger partial charge is 0.494 e. The molecule has 18 heavy (non-hydrogen) atoms. The quantitative estimate of drug-likeness (QED) is 0.846. The van der Waals surface area contributed by atoms with Gasteiger partial charge in [-0.05, 0) is 31.5 Å². The number of carboxylic acids is 1. The van der Waals surface area contributed by atoms with Crippen molar-refractivity contribution in [2.75, 3.05) is 13.7 Å². The van der Waals surface area contributed by atoms with Crippen LogP contribution in [0.4, 0.5) is 4.39 Å². The lowest BCUT2D eigenvalue weighted by Gasteiger charge is -2.24. The number of rotatable bonds is 6. The molecule has 0 saturated heterocycles. The summed E-state index contributed by atoms with van der Waals surface area (Å²) in [5.41, 5.74) is 0.725. The number of nitrogens with zero attached hydrogens (tertiary/aromatic N) is 1. The highest BCUT2D eigenvalue weighted by Crippen LogP contribution is 2.19. The average molecular weight is 255 g/mol. The van der Waals surface area contributed by atoms with E-state index in [1.165, 1.54) is 13.2 Å². The van der Waals surface area contributed by atoms with Crippen LogP contribution in [0.5, 0.6) is 5.75 Å². The summed E-state index contributed by atoms with van der Waals surface area (Å²) in [6.45, 7) is 4.14. The van der Waals surface area contributed by atoms with Crippen molar-refractivity contribution in [2.45, 2.75) is 26.4 Å². The van der Waals surface area contributed by atoms with E-state index in [0.717, 1.165) is 5.56 Å². The Balaban J connectivity index is 2.80. The fourth-order valence-electron chi connectivity index (χ4n) is 1.64. The molecule has 4 nitrogen and oxygen atoms in total. The SMILES string of the molecule is COc1ccc(CN(CC(=O)O)C(C)C)cc1F. The van der Waals surface area contributed by atoms with Crippen LogP contribution in [0, 0.1) is 5.82 Å². The molecular formula is C13H18FNO3. The standard InChI is InChI=1S/C13H18FNO3/c1-9(2)15(8-13(16)17)7-10-4-5-12(18-3)11(14)6-10/h4-6,9H,7-8H2,1-3H3,(H,16,17). The number of aliphatic carboxylic acids is 1. The van der Waals surface area contributed by atoms with E-state index in [0.29, 0.717) is 6.54 Å². The van der Waals surface area contributed by atoms with Crippen molar-refractivity contribution in [3.8, 4) is 5.75 Å². The van der Waals surface area contributed by atoms with Crippen molar-refractivity contribution in [1.82, 2.24) is 4.90 Å². The molecule has 0 aliphatic carbocycles. The van der Waals surface area contributed by atoms with Gasteiger partial charge in [-0.2, -0.15) is 0 Å². The molecule has 5 heteroatoms. The minimum Gasteiger partial charge on any atom is -0.494 e. The molecular weight excluding hydrogens is 237 g/mol. The molecule has 0 radical (unpaired) electrons. The third kappa shape index (κ3) is 4.00. The van der Waals surface area contributed by atoms with Crippen molar-refractivity contribution in [2.24, 2.45) is 0 Å². The van der Waals surface area contributed by atoms with E-state index in [1.807, 2.05) is 13.8 Å². The van der Waals surface area contributed by atoms with Crippen LogP contribution < -0.4 is 4.74 Å². The number of benzene rings is 1. The highest BCUT2D eigenvalue weighted by Gasteiger charge is 2.14. The second kappa shape index (κ2) is 6.35. The number of hydrogen-bond donors (Lipinski definition) is 1. The van der Waals surface area contributed by atoms with Crippen molar-refractivity contribution >= 4 is 5.97 Å². The second-order valence-corrected chi connectivity index (χ2v) is 4.36. The zero-order valence-electron chi connectivity index (χ0n) is 10.8. The summed E-state index contributed by atoms with van der Waals surface area (Å²) >= 11 is 0. The Morgan fingerprint density at radius 2 is 2.17 bits per heavy atom.